The van der Waals surface area contributed by atoms with E-state index in [4.69, 9.17) is 20.9 Å². The van der Waals surface area contributed by atoms with Crippen molar-refractivity contribution >= 4 is 24.0 Å². The van der Waals surface area contributed by atoms with Crippen LogP contribution in [-0.4, -0.2) is 35.9 Å². The molecule has 0 radical (unpaired) electrons. The van der Waals surface area contributed by atoms with Gasteiger partial charge in [-0.05, 0) is 24.1 Å². The predicted octanol–water partition coefficient (Wildman–Crippen LogP) is 2.34. The van der Waals surface area contributed by atoms with Crippen molar-refractivity contribution in [3.8, 4) is 11.4 Å². The Morgan fingerprint density at radius 3 is 3.00 bits per heavy atom. The lowest BCUT2D eigenvalue weighted by molar-refractivity contribution is 0.0770. The number of nitrogens with one attached hydrogen (secondary N) is 1. The topological polar surface area (TPSA) is 60.2 Å². The van der Waals surface area contributed by atoms with Crippen LogP contribution in [0.3, 0.4) is 0 Å². The highest BCUT2D eigenvalue weighted by Crippen LogP contribution is 2.26. The molecule has 2 aromatic rings. The van der Waals surface area contributed by atoms with Crippen LogP contribution in [-0.2, 0) is 11.2 Å². The molecule has 2 heterocycles. The summed E-state index contributed by atoms with van der Waals surface area (Å²) in [5.41, 5.74) is 1.97. The van der Waals surface area contributed by atoms with Gasteiger partial charge in [-0.1, -0.05) is 22.8 Å². The first-order valence-corrected chi connectivity index (χ1v) is 6.57. The van der Waals surface area contributed by atoms with Crippen molar-refractivity contribution in [1.29, 1.82) is 0 Å². The summed E-state index contributed by atoms with van der Waals surface area (Å²) in [6, 6.07) is 6.23. The van der Waals surface area contributed by atoms with E-state index < -0.39 is 0 Å². The molecular weight excluding hydrogens is 301 g/mol. The van der Waals surface area contributed by atoms with Crippen LogP contribution in [0.4, 0.5) is 0 Å². The summed E-state index contributed by atoms with van der Waals surface area (Å²) < 4.78 is 10.2. The molecule has 0 aliphatic carbocycles. The van der Waals surface area contributed by atoms with Crippen molar-refractivity contribution in [2.45, 2.75) is 12.5 Å². The Labute approximate surface area is 128 Å². The molecule has 108 valence electrons. The normalized spacial score (nSPS) is 18.6. The first-order chi connectivity index (χ1) is 9.33. The largest absolute Gasteiger partial charge is 0.379 e. The van der Waals surface area contributed by atoms with E-state index in [-0.39, 0.29) is 12.4 Å². The molecule has 3 rings (SSSR count). The lowest BCUT2D eigenvalue weighted by atomic mass is 10.0. The number of aromatic nitrogens is 2. The molecule has 7 heteroatoms. The molecule has 1 aromatic carbocycles. The van der Waals surface area contributed by atoms with Gasteiger partial charge in [-0.25, -0.2) is 0 Å². The smallest absolute Gasteiger partial charge is 0.214 e. The summed E-state index contributed by atoms with van der Waals surface area (Å²) in [6.45, 7) is 2.42. The van der Waals surface area contributed by atoms with Crippen molar-refractivity contribution in [2.75, 3.05) is 19.8 Å². The van der Waals surface area contributed by atoms with E-state index in [2.05, 4.69) is 15.5 Å². The van der Waals surface area contributed by atoms with Gasteiger partial charge in [0.1, 0.15) is 0 Å². The lowest BCUT2D eigenvalue weighted by Crippen LogP contribution is -2.42. The predicted molar refractivity (Wildman–Crippen MR) is 78.3 cm³/mol. The highest BCUT2D eigenvalue weighted by Gasteiger charge is 2.15. The molecule has 1 fully saturated rings. The standard InChI is InChI=1S/C13H14ClN3O2.ClH/c14-12-2-1-9(5-10-7-18-4-3-15-10)6-11(12)13-16-8-19-17-13;/h1-2,6,8,10,15H,3-5,7H2;1H. The third-order valence-corrected chi connectivity index (χ3v) is 3.44. The zero-order valence-corrected chi connectivity index (χ0v) is 12.3. The minimum atomic E-state index is 0. The summed E-state index contributed by atoms with van der Waals surface area (Å²) in [5.74, 6) is 0.514. The molecule has 0 spiro atoms. The van der Waals surface area contributed by atoms with Crippen molar-refractivity contribution < 1.29 is 9.26 Å². The van der Waals surface area contributed by atoms with Crippen LogP contribution in [0.2, 0.25) is 5.02 Å². The summed E-state index contributed by atoms with van der Waals surface area (Å²) in [5, 5.41) is 7.88. The molecule has 1 aliphatic heterocycles. The lowest BCUT2D eigenvalue weighted by Gasteiger charge is -2.24. The maximum Gasteiger partial charge on any atom is 0.214 e. The van der Waals surface area contributed by atoms with E-state index in [0.717, 1.165) is 31.7 Å². The highest BCUT2D eigenvalue weighted by atomic mass is 35.5. The Hall–Kier alpha value is -1.14. The fourth-order valence-electron chi connectivity index (χ4n) is 2.20. The van der Waals surface area contributed by atoms with Gasteiger partial charge in [0.15, 0.2) is 0 Å². The number of rotatable bonds is 3. The Morgan fingerprint density at radius 2 is 2.30 bits per heavy atom. The van der Waals surface area contributed by atoms with Gasteiger partial charge in [-0.2, -0.15) is 4.98 Å². The maximum atomic E-state index is 6.17. The monoisotopic (exact) mass is 315 g/mol. The van der Waals surface area contributed by atoms with Crippen LogP contribution >= 0.6 is 24.0 Å². The van der Waals surface area contributed by atoms with Gasteiger partial charge in [-0.3, -0.25) is 0 Å². The molecule has 1 aliphatic rings. The van der Waals surface area contributed by atoms with Crippen molar-refractivity contribution in [3.05, 3.63) is 35.2 Å². The third-order valence-electron chi connectivity index (χ3n) is 3.11. The quantitative estimate of drug-likeness (QED) is 0.942. The molecule has 1 saturated heterocycles. The van der Waals surface area contributed by atoms with E-state index in [0.29, 0.717) is 16.9 Å². The molecule has 0 bridgehead atoms. The molecule has 1 N–H and O–H groups in total. The fourth-order valence-corrected chi connectivity index (χ4v) is 2.40. The molecule has 20 heavy (non-hydrogen) atoms. The van der Waals surface area contributed by atoms with Crippen LogP contribution < -0.4 is 5.32 Å². The van der Waals surface area contributed by atoms with Crippen LogP contribution in [0, 0.1) is 0 Å². The maximum absolute atomic E-state index is 6.17. The number of hydrogen-bond acceptors (Lipinski definition) is 5. The fraction of sp³-hybridized carbons (Fsp3) is 0.385. The van der Waals surface area contributed by atoms with Crippen LogP contribution in [0.1, 0.15) is 5.56 Å². The average molecular weight is 316 g/mol. The highest BCUT2D eigenvalue weighted by molar-refractivity contribution is 6.33. The van der Waals surface area contributed by atoms with Gasteiger partial charge >= 0.3 is 0 Å². The van der Waals surface area contributed by atoms with E-state index in [1.165, 1.54) is 12.0 Å². The number of morpholine rings is 1. The van der Waals surface area contributed by atoms with Crippen molar-refractivity contribution in [1.82, 2.24) is 15.5 Å². The van der Waals surface area contributed by atoms with Crippen molar-refractivity contribution in [3.63, 3.8) is 0 Å². The number of nitrogens with zero attached hydrogens (tertiary/aromatic N) is 2. The molecule has 0 saturated carbocycles. The van der Waals surface area contributed by atoms with E-state index >= 15 is 0 Å². The van der Waals surface area contributed by atoms with Gasteiger partial charge in [-0.15, -0.1) is 12.4 Å². The first-order valence-electron chi connectivity index (χ1n) is 6.19. The molecule has 1 unspecified atom stereocenters. The second kappa shape index (κ2) is 7.04. The Kier molecular flexibility index (Phi) is 5.37. The SMILES string of the molecule is Cl.Clc1ccc(CC2COCCN2)cc1-c1ncon1. The third kappa shape index (κ3) is 3.49. The summed E-state index contributed by atoms with van der Waals surface area (Å²) in [6.07, 6.45) is 2.19. The van der Waals surface area contributed by atoms with E-state index in [9.17, 15) is 0 Å². The van der Waals surface area contributed by atoms with E-state index in [1.807, 2.05) is 18.2 Å². The van der Waals surface area contributed by atoms with Gasteiger partial charge in [0.25, 0.3) is 0 Å². The van der Waals surface area contributed by atoms with Gasteiger partial charge in [0, 0.05) is 18.2 Å². The average Bonchev–Trinajstić information content (AvgIpc) is 2.96. The zero-order chi connectivity index (χ0) is 13.1. The summed E-state index contributed by atoms with van der Waals surface area (Å²) in [4.78, 5) is 4.03. The molecule has 1 atom stereocenters. The minimum absolute atomic E-state index is 0. The Balaban J connectivity index is 0.00000147. The van der Waals surface area contributed by atoms with Gasteiger partial charge < -0.3 is 14.6 Å². The second-order valence-corrected chi connectivity index (χ2v) is 4.91. The second-order valence-electron chi connectivity index (χ2n) is 4.50. The van der Waals surface area contributed by atoms with E-state index in [1.54, 1.807) is 0 Å². The zero-order valence-electron chi connectivity index (χ0n) is 10.7. The molecule has 1 aromatic heterocycles. The van der Waals surface area contributed by atoms with Crippen LogP contribution in [0.25, 0.3) is 11.4 Å². The molecular formula is C13H15Cl2N3O2. The van der Waals surface area contributed by atoms with Crippen LogP contribution in [0.15, 0.2) is 29.1 Å². The summed E-state index contributed by atoms with van der Waals surface area (Å²) >= 11 is 6.17. The Morgan fingerprint density at radius 1 is 1.40 bits per heavy atom. The number of benzene rings is 1. The van der Waals surface area contributed by atoms with Gasteiger partial charge in [0.2, 0.25) is 12.2 Å². The Bertz CT molecular complexity index is 543. The molecule has 5 nitrogen and oxygen atoms in total. The van der Waals surface area contributed by atoms with Crippen LogP contribution in [0.5, 0.6) is 0 Å². The molecule has 0 amide bonds. The summed E-state index contributed by atoms with van der Waals surface area (Å²) in [7, 11) is 0. The number of hydrogen-bond donors (Lipinski definition) is 1. The van der Waals surface area contributed by atoms with Crippen molar-refractivity contribution in [2.24, 2.45) is 0 Å². The number of halogens is 2. The minimum Gasteiger partial charge on any atom is -0.379 e. The van der Waals surface area contributed by atoms with Gasteiger partial charge in [0.05, 0.1) is 18.2 Å². The number of ether oxygens (including phenoxy) is 1. The first kappa shape index (κ1) is 15.3.